The van der Waals surface area contributed by atoms with Crippen LogP contribution in [0.2, 0.25) is 0 Å². The van der Waals surface area contributed by atoms with Crippen molar-refractivity contribution >= 4 is 10.8 Å². The molecule has 3 N–H and O–H groups in total. The summed E-state index contributed by atoms with van der Waals surface area (Å²) >= 11 is 0. The van der Waals surface area contributed by atoms with Crippen molar-refractivity contribution in [2.75, 3.05) is 0 Å². The number of aryl methyl sites for hydroxylation is 1. The van der Waals surface area contributed by atoms with Gasteiger partial charge in [-0.05, 0) is 35.6 Å². The lowest BCUT2D eigenvalue weighted by atomic mass is 9.96. The van der Waals surface area contributed by atoms with Crippen molar-refractivity contribution in [3.63, 3.8) is 0 Å². The Kier molecular flexibility index (Phi) is 3.41. The van der Waals surface area contributed by atoms with E-state index in [4.69, 9.17) is 5.84 Å². The Morgan fingerprint density at radius 1 is 1.10 bits per heavy atom. The first kappa shape index (κ1) is 12.7. The Hall–Kier alpha value is -2.30. The van der Waals surface area contributed by atoms with Crippen molar-refractivity contribution in [3.8, 4) is 0 Å². The van der Waals surface area contributed by atoms with Gasteiger partial charge in [0.2, 0.25) is 0 Å². The van der Waals surface area contributed by atoms with Gasteiger partial charge < -0.3 is 0 Å². The number of hydrogen-bond acceptors (Lipinski definition) is 4. The van der Waals surface area contributed by atoms with Gasteiger partial charge in [-0.25, -0.2) is 5.43 Å². The van der Waals surface area contributed by atoms with E-state index < -0.39 is 0 Å². The lowest BCUT2D eigenvalue weighted by Crippen LogP contribution is -2.29. The maximum Gasteiger partial charge on any atom is 0.0731 e. The summed E-state index contributed by atoms with van der Waals surface area (Å²) in [6.07, 6.45) is 5.52. The van der Waals surface area contributed by atoms with Gasteiger partial charge >= 0.3 is 0 Å². The van der Waals surface area contributed by atoms with E-state index in [1.54, 1.807) is 6.20 Å². The van der Waals surface area contributed by atoms with Crippen molar-refractivity contribution < 1.29 is 0 Å². The van der Waals surface area contributed by atoms with Crippen LogP contribution in [0.25, 0.3) is 10.8 Å². The highest BCUT2D eigenvalue weighted by molar-refractivity contribution is 5.85. The molecule has 0 aliphatic carbocycles. The molecule has 0 radical (unpaired) electrons. The van der Waals surface area contributed by atoms with E-state index in [1.165, 1.54) is 0 Å². The third kappa shape index (κ3) is 2.27. The summed E-state index contributed by atoms with van der Waals surface area (Å²) in [5.41, 5.74) is 6.05. The summed E-state index contributed by atoms with van der Waals surface area (Å²) in [6.45, 7) is 1.97. The summed E-state index contributed by atoms with van der Waals surface area (Å²) in [5.74, 6) is 5.77. The number of pyridine rings is 2. The summed E-state index contributed by atoms with van der Waals surface area (Å²) < 4.78 is 0. The fourth-order valence-electron chi connectivity index (χ4n) is 2.41. The van der Waals surface area contributed by atoms with Crippen LogP contribution in [0.3, 0.4) is 0 Å². The first-order chi connectivity index (χ1) is 9.79. The van der Waals surface area contributed by atoms with E-state index in [2.05, 4.69) is 21.5 Å². The van der Waals surface area contributed by atoms with Crippen molar-refractivity contribution in [1.82, 2.24) is 15.4 Å². The molecule has 4 heteroatoms. The molecular formula is C16H16N4. The molecule has 0 amide bonds. The van der Waals surface area contributed by atoms with E-state index in [1.807, 2.05) is 49.6 Å². The predicted molar refractivity (Wildman–Crippen MR) is 79.9 cm³/mol. The summed E-state index contributed by atoms with van der Waals surface area (Å²) in [4.78, 5) is 8.51. The molecule has 0 saturated carbocycles. The summed E-state index contributed by atoms with van der Waals surface area (Å²) in [5, 5.41) is 2.25. The lowest BCUT2D eigenvalue weighted by molar-refractivity contribution is 0.638. The molecule has 4 nitrogen and oxygen atoms in total. The van der Waals surface area contributed by atoms with E-state index in [0.717, 1.165) is 27.6 Å². The van der Waals surface area contributed by atoms with Crippen molar-refractivity contribution in [1.29, 1.82) is 0 Å². The number of nitrogens with two attached hydrogens (primary N) is 1. The highest BCUT2D eigenvalue weighted by Gasteiger charge is 2.15. The Labute approximate surface area is 117 Å². The van der Waals surface area contributed by atoms with Gasteiger partial charge in [-0.3, -0.25) is 15.8 Å². The van der Waals surface area contributed by atoms with Gasteiger partial charge in [0.15, 0.2) is 0 Å². The molecule has 1 unspecified atom stereocenters. The second-order valence-electron chi connectivity index (χ2n) is 4.78. The molecule has 2 aromatic heterocycles. The van der Waals surface area contributed by atoms with Crippen LogP contribution < -0.4 is 11.3 Å². The van der Waals surface area contributed by atoms with Crippen molar-refractivity contribution in [2.45, 2.75) is 13.0 Å². The third-order valence-electron chi connectivity index (χ3n) is 3.46. The topological polar surface area (TPSA) is 63.8 Å². The quantitative estimate of drug-likeness (QED) is 0.563. The first-order valence-corrected chi connectivity index (χ1v) is 6.51. The zero-order valence-corrected chi connectivity index (χ0v) is 11.2. The van der Waals surface area contributed by atoms with Gasteiger partial charge in [0.1, 0.15) is 0 Å². The maximum absolute atomic E-state index is 5.77. The molecule has 0 aliphatic heterocycles. The molecule has 3 rings (SSSR count). The number of fused-ring (bicyclic) bond motifs is 1. The SMILES string of the molecule is Cc1ccc(C(NN)c2cccc3cnccc23)cn1. The molecule has 100 valence electrons. The van der Waals surface area contributed by atoms with Crippen LogP contribution in [0, 0.1) is 6.92 Å². The number of nitrogens with one attached hydrogen (secondary N) is 1. The maximum atomic E-state index is 5.77. The van der Waals surface area contributed by atoms with E-state index in [-0.39, 0.29) is 6.04 Å². The number of nitrogens with zero attached hydrogens (tertiary/aromatic N) is 2. The fourth-order valence-corrected chi connectivity index (χ4v) is 2.41. The third-order valence-corrected chi connectivity index (χ3v) is 3.46. The molecule has 20 heavy (non-hydrogen) atoms. The van der Waals surface area contributed by atoms with Gasteiger partial charge in [0.25, 0.3) is 0 Å². The Morgan fingerprint density at radius 3 is 2.75 bits per heavy atom. The molecule has 0 saturated heterocycles. The number of hydrazine groups is 1. The van der Waals surface area contributed by atoms with Crippen molar-refractivity contribution in [3.05, 3.63) is 71.8 Å². The average Bonchev–Trinajstić information content (AvgIpc) is 2.50. The standard InChI is InChI=1S/C16H16N4/c1-11-5-6-13(10-19-11)16(20-17)15-4-2-3-12-9-18-8-7-14(12)15/h2-10,16,20H,17H2,1H3. The smallest absolute Gasteiger partial charge is 0.0731 e. The van der Waals surface area contributed by atoms with Crippen LogP contribution in [0.1, 0.15) is 22.9 Å². The largest absolute Gasteiger partial charge is 0.271 e. The highest BCUT2D eigenvalue weighted by atomic mass is 15.2. The first-order valence-electron chi connectivity index (χ1n) is 6.51. The molecule has 0 bridgehead atoms. The molecule has 0 fully saturated rings. The molecular weight excluding hydrogens is 248 g/mol. The molecule has 0 spiro atoms. The van der Waals surface area contributed by atoms with E-state index >= 15 is 0 Å². The van der Waals surface area contributed by atoms with E-state index in [0.29, 0.717) is 0 Å². The molecule has 3 aromatic rings. The van der Waals surface area contributed by atoms with Crippen LogP contribution in [-0.4, -0.2) is 9.97 Å². The molecule has 2 heterocycles. The van der Waals surface area contributed by atoms with Gasteiger partial charge in [0.05, 0.1) is 6.04 Å². The van der Waals surface area contributed by atoms with Crippen LogP contribution in [0.15, 0.2) is 55.0 Å². The van der Waals surface area contributed by atoms with Gasteiger partial charge in [0, 0.05) is 29.7 Å². The number of benzene rings is 1. The average molecular weight is 264 g/mol. The molecule has 0 aliphatic rings. The Balaban J connectivity index is 2.14. The normalized spacial score (nSPS) is 12.5. The molecule has 1 atom stereocenters. The Morgan fingerprint density at radius 2 is 2.00 bits per heavy atom. The number of aromatic nitrogens is 2. The zero-order chi connectivity index (χ0) is 13.9. The van der Waals surface area contributed by atoms with Gasteiger partial charge in [-0.2, -0.15) is 0 Å². The second-order valence-corrected chi connectivity index (χ2v) is 4.78. The van der Waals surface area contributed by atoms with Crippen LogP contribution in [0.5, 0.6) is 0 Å². The predicted octanol–water partition coefficient (Wildman–Crippen LogP) is 2.49. The minimum absolute atomic E-state index is 0.0887. The molecule has 1 aromatic carbocycles. The van der Waals surface area contributed by atoms with Crippen molar-refractivity contribution in [2.24, 2.45) is 5.84 Å². The van der Waals surface area contributed by atoms with Gasteiger partial charge in [-0.1, -0.05) is 24.3 Å². The lowest BCUT2D eigenvalue weighted by Gasteiger charge is -2.18. The minimum Gasteiger partial charge on any atom is -0.271 e. The zero-order valence-electron chi connectivity index (χ0n) is 11.2. The fraction of sp³-hybridized carbons (Fsp3) is 0.125. The monoisotopic (exact) mass is 264 g/mol. The summed E-state index contributed by atoms with van der Waals surface area (Å²) in [7, 11) is 0. The second kappa shape index (κ2) is 5.36. The number of rotatable bonds is 3. The van der Waals surface area contributed by atoms with Gasteiger partial charge in [-0.15, -0.1) is 0 Å². The number of hydrogen-bond donors (Lipinski definition) is 2. The summed E-state index contributed by atoms with van der Waals surface area (Å²) in [6, 6.07) is 12.1. The van der Waals surface area contributed by atoms with E-state index in [9.17, 15) is 0 Å². The minimum atomic E-state index is -0.0887. The van der Waals surface area contributed by atoms with Crippen LogP contribution in [-0.2, 0) is 0 Å². The van der Waals surface area contributed by atoms with Crippen LogP contribution in [0.4, 0.5) is 0 Å². The Bertz CT molecular complexity index is 717. The van der Waals surface area contributed by atoms with Crippen LogP contribution >= 0.6 is 0 Å². The highest BCUT2D eigenvalue weighted by Crippen LogP contribution is 2.27.